The highest BCUT2D eigenvalue weighted by Crippen LogP contribution is 2.40. The van der Waals surface area contributed by atoms with Gasteiger partial charge in [0, 0.05) is 24.2 Å². The van der Waals surface area contributed by atoms with E-state index in [1.165, 1.54) is 12.1 Å². The second-order valence-electron chi connectivity index (χ2n) is 4.91. The number of hydrogen-bond acceptors (Lipinski definition) is 3. The summed E-state index contributed by atoms with van der Waals surface area (Å²) in [5, 5.41) is 3.85. The topological polar surface area (TPSA) is 46.3 Å². The fourth-order valence-electron chi connectivity index (χ4n) is 2.15. The molecule has 0 bridgehead atoms. The predicted octanol–water partition coefficient (Wildman–Crippen LogP) is 3.36. The van der Waals surface area contributed by atoms with Gasteiger partial charge in [-0.2, -0.15) is 0 Å². The summed E-state index contributed by atoms with van der Waals surface area (Å²) in [6, 6.07) is 7.55. The number of carbonyl (C=O) groups excluding carboxylic acids is 1. The Labute approximate surface area is 116 Å². The number of aromatic nitrogens is 1. The number of nitrogens with zero attached hydrogens (tertiary/aromatic N) is 2. The average Bonchev–Trinajstić information content (AvgIpc) is 3.19. The van der Waals surface area contributed by atoms with Crippen molar-refractivity contribution < 1.29 is 13.7 Å². The molecule has 0 radical (unpaired) electrons. The quantitative estimate of drug-likeness (QED) is 0.858. The summed E-state index contributed by atoms with van der Waals surface area (Å²) < 4.78 is 18.1. The van der Waals surface area contributed by atoms with E-state index in [1.807, 2.05) is 6.92 Å². The van der Waals surface area contributed by atoms with E-state index in [-0.39, 0.29) is 11.7 Å². The van der Waals surface area contributed by atoms with E-state index in [0.717, 1.165) is 18.6 Å². The molecule has 5 heteroatoms. The summed E-state index contributed by atoms with van der Waals surface area (Å²) in [7, 11) is 0. The van der Waals surface area contributed by atoms with Crippen molar-refractivity contribution in [3.8, 4) is 0 Å². The predicted molar refractivity (Wildman–Crippen MR) is 72.2 cm³/mol. The minimum absolute atomic E-state index is 0.227. The SMILES string of the molecule is CCN(C(=O)c1cc(C2CC2)on1)c1ccc(F)cc1. The van der Waals surface area contributed by atoms with Gasteiger partial charge in [0.25, 0.3) is 5.91 Å². The Bertz CT molecular complexity index is 617. The molecule has 4 nitrogen and oxygen atoms in total. The van der Waals surface area contributed by atoms with Gasteiger partial charge < -0.3 is 9.42 Å². The second kappa shape index (κ2) is 5.07. The highest BCUT2D eigenvalue weighted by atomic mass is 19.1. The molecule has 1 amide bonds. The Morgan fingerprint density at radius 2 is 2.10 bits per heavy atom. The molecular weight excluding hydrogens is 259 g/mol. The van der Waals surface area contributed by atoms with Gasteiger partial charge in [0.15, 0.2) is 5.69 Å². The summed E-state index contributed by atoms with van der Waals surface area (Å²) in [5.41, 5.74) is 0.952. The van der Waals surface area contributed by atoms with Crippen LogP contribution in [-0.4, -0.2) is 17.6 Å². The first-order valence-electron chi connectivity index (χ1n) is 6.73. The van der Waals surface area contributed by atoms with Crippen molar-refractivity contribution in [1.82, 2.24) is 5.16 Å². The third kappa shape index (κ3) is 2.43. The van der Waals surface area contributed by atoms with Crippen LogP contribution >= 0.6 is 0 Å². The molecule has 20 heavy (non-hydrogen) atoms. The van der Waals surface area contributed by atoms with Gasteiger partial charge in [-0.05, 0) is 44.0 Å². The van der Waals surface area contributed by atoms with Gasteiger partial charge >= 0.3 is 0 Å². The van der Waals surface area contributed by atoms with Crippen LogP contribution in [-0.2, 0) is 0 Å². The first-order valence-corrected chi connectivity index (χ1v) is 6.73. The minimum atomic E-state index is -0.324. The maximum absolute atomic E-state index is 12.9. The summed E-state index contributed by atoms with van der Waals surface area (Å²) in [4.78, 5) is 14.0. The van der Waals surface area contributed by atoms with E-state index in [9.17, 15) is 9.18 Å². The van der Waals surface area contributed by atoms with E-state index < -0.39 is 0 Å². The maximum atomic E-state index is 12.9. The Hall–Kier alpha value is -2.17. The van der Waals surface area contributed by atoms with Gasteiger partial charge in [0.05, 0.1) is 0 Å². The molecule has 0 N–H and O–H groups in total. The Morgan fingerprint density at radius 3 is 2.70 bits per heavy atom. The lowest BCUT2D eigenvalue weighted by Crippen LogP contribution is -2.30. The van der Waals surface area contributed by atoms with Crippen LogP contribution in [0.15, 0.2) is 34.9 Å². The van der Waals surface area contributed by atoms with E-state index in [2.05, 4.69) is 5.16 Å². The molecule has 2 aromatic rings. The molecule has 1 aromatic heterocycles. The second-order valence-corrected chi connectivity index (χ2v) is 4.91. The number of amides is 1. The fourth-order valence-corrected chi connectivity index (χ4v) is 2.15. The zero-order chi connectivity index (χ0) is 14.1. The van der Waals surface area contributed by atoms with Crippen LogP contribution in [0.4, 0.5) is 10.1 Å². The van der Waals surface area contributed by atoms with Crippen molar-refractivity contribution in [3.05, 3.63) is 47.6 Å². The van der Waals surface area contributed by atoms with E-state index in [4.69, 9.17) is 4.52 Å². The van der Waals surface area contributed by atoms with Crippen LogP contribution < -0.4 is 4.90 Å². The number of hydrogen-bond donors (Lipinski definition) is 0. The largest absolute Gasteiger partial charge is 0.360 e. The molecule has 1 aliphatic rings. The van der Waals surface area contributed by atoms with Crippen LogP contribution in [0.25, 0.3) is 0 Å². The zero-order valence-corrected chi connectivity index (χ0v) is 11.2. The smallest absolute Gasteiger partial charge is 0.280 e. The summed E-state index contributed by atoms with van der Waals surface area (Å²) >= 11 is 0. The van der Waals surface area contributed by atoms with Crippen LogP contribution in [0.1, 0.15) is 41.9 Å². The Morgan fingerprint density at radius 1 is 1.40 bits per heavy atom. The number of halogens is 1. The maximum Gasteiger partial charge on any atom is 0.280 e. The van der Waals surface area contributed by atoms with E-state index >= 15 is 0 Å². The van der Waals surface area contributed by atoms with Gasteiger partial charge in [-0.25, -0.2) is 4.39 Å². The minimum Gasteiger partial charge on any atom is -0.360 e. The summed E-state index contributed by atoms with van der Waals surface area (Å²) in [6.07, 6.45) is 2.19. The molecule has 0 saturated heterocycles. The van der Waals surface area contributed by atoms with Crippen molar-refractivity contribution >= 4 is 11.6 Å². The normalized spacial score (nSPS) is 14.3. The van der Waals surface area contributed by atoms with Gasteiger partial charge in [0.1, 0.15) is 11.6 Å². The molecule has 1 fully saturated rings. The summed E-state index contributed by atoms with van der Waals surface area (Å²) in [6.45, 7) is 2.35. The summed E-state index contributed by atoms with van der Waals surface area (Å²) in [5.74, 6) is 0.651. The third-order valence-electron chi connectivity index (χ3n) is 3.43. The van der Waals surface area contributed by atoms with Gasteiger partial charge in [0.2, 0.25) is 0 Å². The third-order valence-corrected chi connectivity index (χ3v) is 3.43. The molecule has 3 rings (SSSR count). The van der Waals surface area contributed by atoms with Gasteiger partial charge in [-0.3, -0.25) is 4.79 Å². The lowest BCUT2D eigenvalue weighted by Gasteiger charge is -2.19. The first kappa shape index (κ1) is 12.8. The number of benzene rings is 1. The van der Waals surface area contributed by atoms with Gasteiger partial charge in [-0.1, -0.05) is 5.16 Å². The fraction of sp³-hybridized carbons (Fsp3) is 0.333. The van der Waals surface area contributed by atoms with Crippen molar-refractivity contribution in [2.75, 3.05) is 11.4 Å². The number of rotatable bonds is 4. The van der Waals surface area contributed by atoms with Crippen LogP contribution in [0, 0.1) is 5.82 Å². The van der Waals surface area contributed by atoms with E-state index in [0.29, 0.717) is 23.8 Å². The molecule has 0 atom stereocenters. The van der Waals surface area contributed by atoms with E-state index in [1.54, 1.807) is 23.1 Å². The highest BCUT2D eigenvalue weighted by molar-refractivity contribution is 6.04. The monoisotopic (exact) mass is 274 g/mol. The molecule has 0 spiro atoms. The van der Waals surface area contributed by atoms with Crippen molar-refractivity contribution in [2.45, 2.75) is 25.7 Å². The lowest BCUT2D eigenvalue weighted by atomic mass is 10.2. The molecule has 1 aliphatic carbocycles. The van der Waals surface area contributed by atoms with Crippen LogP contribution in [0.3, 0.4) is 0 Å². The number of carbonyl (C=O) groups is 1. The lowest BCUT2D eigenvalue weighted by molar-refractivity contribution is 0.0979. The van der Waals surface area contributed by atoms with Crippen LogP contribution in [0.2, 0.25) is 0 Å². The van der Waals surface area contributed by atoms with Crippen molar-refractivity contribution in [1.29, 1.82) is 0 Å². The van der Waals surface area contributed by atoms with Gasteiger partial charge in [-0.15, -0.1) is 0 Å². The molecular formula is C15H15FN2O2. The molecule has 1 saturated carbocycles. The average molecular weight is 274 g/mol. The molecule has 104 valence electrons. The highest BCUT2D eigenvalue weighted by Gasteiger charge is 2.29. The zero-order valence-electron chi connectivity index (χ0n) is 11.2. The molecule has 0 aliphatic heterocycles. The standard InChI is InChI=1S/C15H15FN2O2/c1-2-18(12-7-5-11(16)6-8-12)15(19)13-9-14(20-17-13)10-3-4-10/h5-10H,2-4H2,1H3. The Balaban J connectivity index is 1.83. The molecule has 0 unspecified atom stereocenters. The first-order chi connectivity index (χ1) is 9.69. The molecule has 1 heterocycles. The Kier molecular flexibility index (Phi) is 3.26. The van der Waals surface area contributed by atoms with Crippen molar-refractivity contribution in [2.24, 2.45) is 0 Å². The molecule has 1 aromatic carbocycles. The van der Waals surface area contributed by atoms with Crippen LogP contribution in [0.5, 0.6) is 0 Å². The number of anilines is 1. The van der Waals surface area contributed by atoms with Crippen molar-refractivity contribution in [3.63, 3.8) is 0 Å².